The fraction of sp³-hybridized carbons (Fsp3) is 0.158. The maximum Gasteiger partial charge on any atom is 0.276 e. The molecule has 0 spiro atoms. The van der Waals surface area contributed by atoms with Gasteiger partial charge in [0.05, 0.1) is 11.4 Å². The second-order valence-corrected chi connectivity index (χ2v) is 6.00. The van der Waals surface area contributed by atoms with Crippen LogP contribution in [0.1, 0.15) is 27.3 Å². The first-order valence-corrected chi connectivity index (χ1v) is 7.80. The van der Waals surface area contributed by atoms with Crippen LogP contribution in [0.3, 0.4) is 0 Å². The summed E-state index contributed by atoms with van der Waals surface area (Å²) < 4.78 is 7.66. The summed E-state index contributed by atoms with van der Waals surface area (Å²) in [5.41, 5.74) is 5.04. The number of fused-ring (bicyclic) bond motifs is 3. The Bertz CT molecular complexity index is 923. The summed E-state index contributed by atoms with van der Waals surface area (Å²) in [7, 11) is 0. The van der Waals surface area contributed by atoms with Crippen LogP contribution in [0.5, 0.6) is 5.75 Å². The normalized spacial score (nSPS) is 12.1. The monoisotopic (exact) mass is 319 g/mol. The zero-order valence-electron chi connectivity index (χ0n) is 13.5. The van der Waals surface area contributed by atoms with E-state index >= 15 is 0 Å². The maximum absolute atomic E-state index is 12.6. The van der Waals surface area contributed by atoms with Crippen molar-refractivity contribution in [2.75, 3.05) is 5.32 Å². The van der Waals surface area contributed by atoms with Crippen molar-refractivity contribution in [1.29, 1.82) is 0 Å². The number of rotatable bonds is 2. The van der Waals surface area contributed by atoms with Crippen LogP contribution < -0.4 is 10.1 Å². The molecule has 1 aliphatic heterocycles. The van der Waals surface area contributed by atoms with E-state index in [0.29, 0.717) is 12.3 Å². The predicted octanol–water partition coefficient (Wildman–Crippen LogP) is 3.63. The van der Waals surface area contributed by atoms with Crippen LogP contribution in [0, 0.1) is 13.8 Å². The summed E-state index contributed by atoms with van der Waals surface area (Å²) in [4.78, 5) is 16.9. The second kappa shape index (κ2) is 5.53. The topological polar surface area (TPSA) is 56.2 Å². The van der Waals surface area contributed by atoms with Gasteiger partial charge in [-0.15, -0.1) is 0 Å². The van der Waals surface area contributed by atoms with Crippen molar-refractivity contribution in [1.82, 2.24) is 9.55 Å². The van der Waals surface area contributed by atoms with E-state index in [9.17, 15) is 4.79 Å². The van der Waals surface area contributed by atoms with Crippen molar-refractivity contribution in [3.8, 4) is 11.4 Å². The van der Waals surface area contributed by atoms with Crippen molar-refractivity contribution in [2.45, 2.75) is 20.5 Å². The quantitative estimate of drug-likeness (QED) is 0.784. The Morgan fingerprint density at radius 1 is 1.17 bits per heavy atom. The summed E-state index contributed by atoms with van der Waals surface area (Å²) in [5.74, 6) is 0.570. The Kier molecular flexibility index (Phi) is 3.34. The first-order chi connectivity index (χ1) is 11.6. The number of aromatic nitrogens is 2. The van der Waals surface area contributed by atoms with E-state index < -0.39 is 0 Å². The molecule has 0 unspecified atom stereocenters. The molecule has 2 heterocycles. The number of anilines is 1. The van der Waals surface area contributed by atoms with Gasteiger partial charge in [0.1, 0.15) is 18.7 Å². The van der Waals surface area contributed by atoms with Crippen LogP contribution in [0.2, 0.25) is 0 Å². The van der Waals surface area contributed by atoms with E-state index in [1.54, 1.807) is 6.33 Å². The molecule has 0 aliphatic carbocycles. The summed E-state index contributed by atoms with van der Waals surface area (Å²) >= 11 is 0. The van der Waals surface area contributed by atoms with Gasteiger partial charge in [0, 0.05) is 5.69 Å². The minimum Gasteiger partial charge on any atom is -0.485 e. The summed E-state index contributed by atoms with van der Waals surface area (Å²) in [5, 5.41) is 2.93. The van der Waals surface area contributed by atoms with Crippen molar-refractivity contribution in [3.63, 3.8) is 0 Å². The molecule has 1 aliphatic rings. The molecule has 4 rings (SSSR count). The van der Waals surface area contributed by atoms with Crippen molar-refractivity contribution in [2.24, 2.45) is 0 Å². The zero-order chi connectivity index (χ0) is 16.7. The number of carbonyl (C=O) groups excluding carboxylic acids is 1. The molecule has 0 saturated carbocycles. The first kappa shape index (κ1) is 14.5. The van der Waals surface area contributed by atoms with Gasteiger partial charge >= 0.3 is 0 Å². The van der Waals surface area contributed by atoms with Crippen LogP contribution in [-0.2, 0) is 6.61 Å². The molecule has 1 N–H and O–H groups in total. The zero-order valence-corrected chi connectivity index (χ0v) is 13.5. The molecule has 0 radical (unpaired) electrons. The van der Waals surface area contributed by atoms with Gasteiger partial charge in [-0.25, -0.2) is 4.98 Å². The minimum atomic E-state index is -0.225. The summed E-state index contributed by atoms with van der Waals surface area (Å²) in [6, 6.07) is 13.7. The molecule has 120 valence electrons. The van der Waals surface area contributed by atoms with E-state index in [1.165, 1.54) is 0 Å². The molecule has 3 aromatic rings. The number of aryl methyl sites for hydroxylation is 2. The van der Waals surface area contributed by atoms with Gasteiger partial charge in [-0.2, -0.15) is 0 Å². The number of nitrogens with zero attached hydrogens (tertiary/aromatic N) is 2. The third kappa shape index (κ3) is 2.44. The number of nitrogens with one attached hydrogen (secondary N) is 1. The number of para-hydroxylation sites is 2. The number of ether oxygens (including phenoxy) is 1. The molecule has 0 bridgehead atoms. The Morgan fingerprint density at radius 2 is 1.92 bits per heavy atom. The molecule has 0 atom stereocenters. The Labute approximate surface area is 139 Å². The van der Waals surface area contributed by atoms with Gasteiger partial charge in [-0.3, -0.25) is 9.36 Å². The lowest BCUT2D eigenvalue weighted by molar-refractivity contribution is 0.101. The number of amides is 1. The van der Waals surface area contributed by atoms with Gasteiger partial charge < -0.3 is 10.1 Å². The van der Waals surface area contributed by atoms with Gasteiger partial charge in [-0.1, -0.05) is 18.2 Å². The summed E-state index contributed by atoms with van der Waals surface area (Å²) in [6.07, 6.45) is 1.67. The lowest BCUT2D eigenvalue weighted by Gasteiger charge is -2.20. The highest BCUT2D eigenvalue weighted by atomic mass is 16.5. The first-order valence-electron chi connectivity index (χ1n) is 7.80. The minimum absolute atomic E-state index is 0.225. The standard InChI is InChI=1S/C19H17N3O2/c1-12-7-13(2)9-14(8-12)21-19(23)18-16-10-24-17-6-4-3-5-15(17)22(16)11-20-18/h3-9,11H,10H2,1-2H3,(H,21,23). The van der Waals surface area contributed by atoms with Gasteiger partial charge in [0.2, 0.25) is 0 Å². The highest BCUT2D eigenvalue weighted by molar-refractivity contribution is 6.04. The Hall–Kier alpha value is -3.08. The van der Waals surface area contributed by atoms with Crippen molar-refractivity contribution >= 4 is 11.6 Å². The SMILES string of the molecule is Cc1cc(C)cc(NC(=O)c2ncn3c2COc2ccccc2-3)c1. The average molecular weight is 319 g/mol. The van der Waals surface area contributed by atoms with Gasteiger partial charge in [-0.05, 0) is 49.2 Å². The van der Waals surface area contributed by atoms with Crippen molar-refractivity contribution < 1.29 is 9.53 Å². The van der Waals surface area contributed by atoms with E-state index in [1.807, 2.05) is 54.8 Å². The number of imidazole rings is 1. The summed E-state index contributed by atoms with van der Waals surface area (Å²) in [6.45, 7) is 4.34. The van der Waals surface area contributed by atoms with Gasteiger partial charge in [0.25, 0.3) is 5.91 Å². The molecule has 0 fully saturated rings. The number of benzene rings is 2. The predicted molar refractivity (Wildman–Crippen MR) is 91.8 cm³/mol. The number of hydrogen-bond donors (Lipinski definition) is 1. The molecule has 1 aromatic heterocycles. The maximum atomic E-state index is 12.6. The number of carbonyl (C=O) groups is 1. The molecule has 2 aromatic carbocycles. The lowest BCUT2D eigenvalue weighted by Crippen LogP contribution is -2.19. The van der Waals surface area contributed by atoms with E-state index in [0.717, 1.165) is 33.9 Å². The lowest BCUT2D eigenvalue weighted by atomic mass is 10.1. The van der Waals surface area contributed by atoms with Crippen LogP contribution in [0.4, 0.5) is 5.69 Å². The smallest absolute Gasteiger partial charge is 0.276 e. The second-order valence-electron chi connectivity index (χ2n) is 6.00. The van der Waals surface area contributed by atoms with Crippen LogP contribution in [0.15, 0.2) is 48.8 Å². The van der Waals surface area contributed by atoms with E-state index in [4.69, 9.17) is 4.74 Å². The molecule has 24 heavy (non-hydrogen) atoms. The molecular formula is C19H17N3O2. The Balaban J connectivity index is 1.67. The van der Waals surface area contributed by atoms with E-state index in [2.05, 4.69) is 16.4 Å². The van der Waals surface area contributed by atoms with E-state index in [-0.39, 0.29) is 5.91 Å². The highest BCUT2D eigenvalue weighted by Crippen LogP contribution is 2.30. The fourth-order valence-corrected chi connectivity index (χ4v) is 3.07. The molecule has 5 heteroatoms. The highest BCUT2D eigenvalue weighted by Gasteiger charge is 2.24. The molecule has 1 amide bonds. The molecular weight excluding hydrogens is 302 g/mol. The van der Waals surface area contributed by atoms with Crippen LogP contribution >= 0.6 is 0 Å². The number of hydrogen-bond acceptors (Lipinski definition) is 3. The van der Waals surface area contributed by atoms with Crippen LogP contribution in [0.25, 0.3) is 5.69 Å². The van der Waals surface area contributed by atoms with Crippen molar-refractivity contribution in [3.05, 3.63) is 71.3 Å². The average Bonchev–Trinajstić information content (AvgIpc) is 2.98. The third-order valence-electron chi connectivity index (χ3n) is 4.05. The van der Waals surface area contributed by atoms with Gasteiger partial charge in [0.15, 0.2) is 5.69 Å². The largest absolute Gasteiger partial charge is 0.485 e. The van der Waals surface area contributed by atoms with Crippen LogP contribution in [-0.4, -0.2) is 15.5 Å². The fourth-order valence-electron chi connectivity index (χ4n) is 3.07. The third-order valence-corrected chi connectivity index (χ3v) is 4.05. The Morgan fingerprint density at radius 3 is 2.71 bits per heavy atom. The molecule has 0 saturated heterocycles. The molecule has 5 nitrogen and oxygen atoms in total.